The van der Waals surface area contributed by atoms with Gasteiger partial charge in [-0.15, -0.1) is 0 Å². The molecule has 0 saturated carbocycles. The van der Waals surface area contributed by atoms with Crippen LogP contribution < -0.4 is 14.2 Å². The van der Waals surface area contributed by atoms with Crippen molar-refractivity contribution in [2.45, 2.75) is 30.7 Å². The Hall–Kier alpha value is -1.78. The van der Waals surface area contributed by atoms with Crippen molar-refractivity contribution in [3.8, 4) is 23.0 Å². The Morgan fingerprint density at radius 2 is 1.57 bits per heavy atom. The molecule has 0 amide bonds. The van der Waals surface area contributed by atoms with Crippen molar-refractivity contribution in [3.63, 3.8) is 0 Å². The number of ether oxygens (including phenoxy) is 4. The van der Waals surface area contributed by atoms with Crippen LogP contribution in [0.3, 0.4) is 0 Å². The average Bonchev–Trinajstić information content (AvgIpc) is 2.55. The van der Waals surface area contributed by atoms with E-state index < -0.39 is 37.3 Å². The quantitative estimate of drug-likeness (QED) is 0.440. The van der Waals surface area contributed by atoms with E-state index in [0.717, 1.165) is 0 Å². The number of aliphatic hydroxyl groups excluding tert-OH is 4. The van der Waals surface area contributed by atoms with Crippen molar-refractivity contribution in [1.82, 2.24) is 0 Å². The van der Waals surface area contributed by atoms with E-state index in [1.165, 1.54) is 26.4 Å². The molecule has 2 rings (SSSR count). The molecule has 9 nitrogen and oxygen atoms in total. The third kappa shape index (κ3) is 3.43. The number of aromatic hydroxyl groups is 1. The molecule has 1 aliphatic rings. The summed E-state index contributed by atoms with van der Waals surface area (Å²) >= 11 is 0. The zero-order valence-electron chi connectivity index (χ0n) is 12.6. The number of rotatable bonds is 5. The summed E-state index contributed by atoms with van der Waals surface area (Å²) in [6, 6.07) is 2.53. The highest BCUT2D eigenvalue weighted by atomic mass is 16.7. The molecule has 1 aromatic rings. The normalized spacial score (nSPS) is 30.8. The van der Waals surface area contributed by atoms with Crippen molar-refractivity contribution < 1.29 is 44.5 Å². The fraction of sp³-hybridized carbons (Fsp3) is 0.571. The maximum atomic E-state index is 9.99. The molecule has 1 saturated heterocycles. The zero-order valence-corrected chi connectivity index (χ0v) is 12.6. The number of phenolic OH excluding ortho intramolecular Hbond substituents is 1. The summed E-state index contributed by atoms with van der Waals surface area (Å²) in [4.78, 5) is 0. The Morgan fingerprint density at radius 1 is 1.00 bits per heavy atom. The lowest BCUT2D eigenvalue weighted by molar-refractivity contribution is -0.277. The molecular weight excluding hydrogens is 312 g/mol. The molecule has 1 heterocycles. The van der Waals surface area contributed by atoms with E-state index in [1.54, 1.807) is 0 Å². The highest BCUT2D eigenvalue weighted by Crippen LogP contribution is 2.42. The lowest BCUT2D eigenvalue weighted by Crippen LogP contribution is -2.60. The predicted molar refractivity (Wildman–Crippen MR) is 75.6 cm³/mol. The second-order valence-electron chi connectivity index (χ2n) is 4.99. The van der Waals surface area contributed by atoms with Gasteiger partial charge in [0.2, 0.25) is 12.0 Å². The molecule has 5 N–H and O–H groups in total. The van der Waals surface area contributed by atoms with E-state index >= 15 is 0 Å². The van der Waals surface area contributed by atoms with E-state index in [1.807, 2.05) is 0 Å². The van der Waals surface area contributed by atoms with Gasteiger partial charge in [0.25, 0.3) is 0 Å². The number of methoxy groups -OCH3 is 2. The molecule has 9 heteroatoms. The van der Waals surface area contributed by atoms with Crippen LogP contribution in [0.1, 0.15) is 0 Å². The topological polar surface area (TPSA) is 138 Å². The minimum Gasteiger partial charge on any atom is -0.508 e. The molecular formula is C14H20O9. The fourth-order valence-corrected chi connectivity index (χ4v) is 2.26. The number of hydrogen-bond donors (Lipinski definition) is 5. The van der Waals surface area contributed by atoms with Crippen molar-refractivity contribution in [3.05, 3.63) is 12.1 Å². The molecule has 0 unspecified atom stereocenters. The third-order valence-electron chi connectivity index (χ3n) is 3.53. The van der Waals surface area contributed by atoms with Gasteiger partial charge in [0.15, 0.2) is 11.5 Å². The Morgan fingerprint density at radius 3 is 2.04 bits per heavy atom. The summed E-state index contributed by atoms with van der Waals surface area (Å²) < 4.78 is 20.9. The zero-order chi connectivity index (χ0) is 17.1. The first-order valence-corrected chi connectivity index (χ1v) is 6.85. The fourth-order valence-electron chi connectivity index (χ4n) is 2.26. The summed E-state index contributed by atoms with van der Waals surface area (Å²) in [5.74, 6) is 0.120. The van der Waals surface area contributed by atoms with Crippen LogP contribution in [-0.4, -0.2) is 77.1 Å². The van der Waals surface area contributed by atoms with E-state index in [-0.39, 0.29) is 23.0 Å². The monoisotopic (exact) mass is 332 g/mol. The Labute approximate surface area is 132 Å². The summed E-state index contributed by atoms with van der Waals surface area (Å²) in [5, 5.41) is 48.3. The van der Waals surface area contributed by atoms with Crippen molar-refractivity contribution in [2.24, 2.45) is 0 Å². The highest BCUT2D eigenvalue weighted by Gasteiger charge is 2.45. The summed E-state index contributed by atoms with van der Waals surface area (Å²) in [5.41, 5.74) is 0. The second-order valence-corrected chi connectivity index (χ2v) is 4.99. The minimum absolute atomic E-state index is 0.0251. The van der Waals surface area contributed by atoms with E-state index in [0.29, 0.717) is 0 Å². The van der Waals surface area contributed by atoms with Gasteiger partial charge in [0.1, 0.15) is 30.2 Å². The lowest BCUT2D eigenvalue weighted by atomic mass is 9.99. The number of benzene rings is 1. The van der Waals surface area contributed by atoms with Crippen LogP contribution in [0.25, 0.3) is 0 Å². The van der Waals surface area contributed by atoms with Gasteiger partial charge < -0.3 is 44.5 Å². The van der Waals surface area contributed by atoms with E-state index in [4.69, 9.17) is 18.9 Å². The van der Waals surface area contributed by atoms with Crippen LogP contribution in [0.4, 0.5) is 0 Å². The van der Waals surface area contributed by atoms with Crippen molar-refractivity contribution in [1.29, 1.82) is 0 Å². The van der Waals surface area contributed by atoms with Gasteiger partial charge in [0, 0.05) is 12.1 Å². The summed E-state index contributed by atoms with van der Waals surface area (Å²) in [7, 11) is 2.68. The van der Waals surface area contributed by atoms with Crippen LogP contribution >= 0.6 is 0 Å². The van der Waals surface area contributed by atoms with Gasteiger partial charge >= 0.3 is 0 Å². The number of aliphatic hydroxyl groups is 4. The number of phenols is 1. The molecule has 1 fully saturated rings. The van der Waals surface area contributed by atoms with E-state index in [9.17, 15) is 25.5 Å². The maximum absolute atomic E-state index is 9.99. The first kappa shape index (κ1) is 17.6. The average molecular weight is 332 g/mol. The molecule has 130 valence electrons. The highest BCUT2D eigenvalue weighted by molar-refractivity contribution is 5.55. The van der Waals surface area contributed by atoms with Gasteiger partial charge in [-0.2, -0.15) is 0 Å². The van der Waals surface area contributed by atoms with Gasteiger partial charge in [-0.25, -0.2) is 0 Å². The number of hydrogen-bond acceptors (Lipinski definition) is 9. The van der Waals surface area contributed by atoms with Crippen molar-refractivity contribution in [2.75, 3.05) is 20.8 Å². The SMILES string of the molecule is COc1cc(O)cc(OC)c1O[C@@H]1O[C@H](CO)[C@@H](O)[C@H](O)[C@H]1O. The van der Waals surface area contributed by atoms with Gasteiger partial charge in [0.05, 0.1) is 20.8 Å². The largest absolute Gasteiger partial charge is 0.508 e. The molecule has 0 bridgehead atoms. The third-order valence-corrected chi connectivity index (χ3v) is 3.53. The summed E-state index contributed by atoms with van der Waals surface area (Å²) in [6.45, 7) is -0.575. The maximum Gasteiger partial charge on any atom is 0.229 e. The van der Waals surface area contributed by atoms with E-state index in [2.05, 4.69) is 0 Å². The van der Waals surface area contributed by atoms with Gasteiger partial charge in [-0.1, -0.05) is 0 Å². The molecule has 0 aliphatic carbocycles. The summed E-state index contributed by atoms with van der Waals surface area (Å²) in [6.07, 6.45) is -7.13. The van der Waals surface area contributed by atoms with Crippen LogP contribution in [0.15, 0.2) is 12.1 Å². The van der Waals surface area contributed by atoms with Gasteiger partial charge in [-0.3, -0.25) is 0 Å². The Balaban J connectivity index is 2.30. The minimum atomic E-state index is -1.57. The molecule has 1 aromatic carbocycles. The van der Waals surface area contributed by atoms with Crippen molar-refractivity contribution >= 4 is 0 Å². The molecule has 5 atom stereocenters. The van der Waals surface area contributed by atoms with Crippen LogP contribution in [0, 0.1) is 0 Å². The van der Waals surface area contributed by atoms with Gasteiger partial charge in [-0.05, 0) is 0 Å². The van der Waals surface area contributed by atoms with Crippen LogP contribution in [-0.2, 0) is 4.74 Å². The standard InChI is InChI=1S/C14H20O9/c1-20-7-3-6(16)4-8(21-2)13(7)23-14-12(19)11(18)10(17)9(5-15)22-14/h3-4,9-12,14-19H,5H2,1-2H3/t9-,10-,11+,12-,14+/m1/s1. The predicted octanol–water partition coefficient (Wildman–Crippen LogP) is -1.41. The molecule has 0 radical (unpaired) electrons. The second kappa shape index (κ2) is 7.20. The Bertz CT molecular complexity index is 508. The molecule has 0 spiro atoms. The molecule has 1 aliphatic heterocycles. The molecule has 0 aromatic heterocycles. The van der Waals surface area contributed by atoms with Crippen LogP contribution in [0.5, 0.6) is 23.0 Å². The Kier molecular flexibility index (Phi) is 5.50. The molecule has 23 heavy (non-hydrogen) atoms. The van der Waals surface area contributed by atoms with Crippen LogP contribution in [0.2, 0.25) is 0 Å². The lowest BCUT2D eigenvalue weighted by Gasteiger charge is -2.39. The smallest absolute Gasteiger partial charge is 0.229 e. The first-order valence-electron chi connectivity index (χ1n) is 6.85. The first-order chi connectivity index (χ1) is 10.9.